The number of nitrogens with one attached hydrogen (secondary N) is 9. The van der Waals surface area contributed by atoms with Crippen LogP contribution in [-0.2, 0) is 81.8 Å². The number of primary amides is 1. The van der Waals surface area contributed by atoms with Crippen molar-refractivity contribution >= 4 is 80.9 Å². The zero-order valence-corrected chi connectivity index (χ0v) is 53.1. The summed E-state index contributed by atoms with van der Waals surface area (Å²) in [5, 5.41) is 30.7. The Labute approximate surface area is 549 Å². The molecule has 5 aromatic carbocycles. The molecular weight excluding hydrogens is 1250 g/mol. The maximum Gasteiger partial charge on any atom is 0.251 e. The summed E-state index contributed by atoms with van der Waals surface area (Å²) >= 11 is 0. The maximum atomic E-state index is 16.1. The fraction of sp³-hybridized carbons (Fsp3) is 0.362. The lowest BCUT2D eigenvalue weighted by molar-refractivity contribution is -0.147. The van der Waals surface area contributed by atoms with Crippen LogP contribution in [0.5, 0.6) is 5.75 Å². The summed E-state index contributed by atoms with van der Waals surface area (Å²) < 4.78 is 51.2. The molecule has 0 aliphatic carbocycles. The number of carbonyl (C=O) groups is 10. The van der Waals surface area contributed by atoms with Gasteiger partial charge in [0.2, 0.25) is 53.2 Å². The average Bonchev–Trinajstić information content (AvgIpc) is 1.58. The summed E-state index contributed by atoms with van der Waals surface area (Å²) in [4.78, 5) is 152. The molecular formula is C69H75F3N12O12. The number of aromatic amines is 2. The van der Waals surface area contributed by atoms with Gasteiger partial charge < -0.3 is 72.6 Å². The number of ether oxygens (including phenoxy) is 1. The molecule has 0 unspecified atom stereocenters. The van der Waals surface area contributed by atoms with Crippen molar-refractivity contribution in [3.05, 3.63) is 172 Å². The van der Waals surface area contributed by atoms with Crippen LogP contribution in [0.2, 0.25) is 0 Å². The van der Waals surface area contributed by atoms with E-state index in [0.29, 0.717) is 61.8 Å². The van der Waals surface area contributed by atoms with Gasteiger partial charge in [-0.25, -0.2) is 13.2 Å². The molecule has 5 aliphatic rings. The van der Waals surface area contributed by atoms with Crippen molar-refractivity contribution in [3.63, 3.8) is 0 Å². The van der Waals surface area contributed by atoms with Crippen LogP contribution in [0.15, 0.2) is 122 Å². The number of hydrogen-bond donors (Lipinski definition) is 11. The third-order valence-corrected chi connectivity index (χ3v) is 18.0. The highest BCUT2D eigenvalue weighted by Crippen LogP contribution is 2.32. The molecule has 0 spiro atoms. The summed E-state index contributed by atoms with van der Waals surface area (Å²) in [7, 11) is 1.46. The van der Waals surface area contributed by atoms with Crippen LogP contribution in [0.3, 0.4) is 0 Å². The number of methoxy groups -OCH3 is 1. The number of benzene rings is 5. The lowest BCUT2D eigenvalue weighted by Crippen LogP contribution is -2.64. The highest BCUT2D eigenvalue weighted by atomic mass is 19.1. The molecule has 27 heteroatoms. The molecule has 0 saturated carbocycles. The first-order valence-corrected chi connectivity index (χ1v) is 31.5. The number of amides is 10. The molecule has 2 aromatic heterocycles. The van der Waals surface area contributed by atoms with Crippen molar-refractivity contribution in [3.8, 4) is 5.75 Å². The monoisotopic (exact) mass is 1320 g/mol. The van der Waals surface area contributed by atoms with Gasteiger partial charge in [-0.2, -0.15) is 0 Å². The zero-order valence-electron chi connectivity index (χ0n) is 53.1. The molecule has 10 atom stereocenters. The first-order valence-electron chi connectivity index (χ1n) is 31.5. The van der Waals surface area contributed by atoms with Gasteiger partial charge in [0.05, 0.1) is 26.2 Å². The van der Waals surface area contributed by atoms with Crippen molar-refractivity contribution in [1.29, 1.82) is 0 Å². The number of nitrogens with two attached hydrogens (primary N) is 1. The van der Waals surface area contributed by atoms with E-state index in [1.807, 2.05) is 0 Å². The zero-order chi connectivity index (χ0) is 68.7. The number of alkyl halides is 1. The Morgan fingerprint density at radius 1 is 0.688 bits per heavy atom. The minimum absolute atomic E-state index is 0.0112. The normalized spacial score (nSPS) is 24.4. The van der Waals surface area contributed by atoms with E-state index in [1.54, 1.807) is 60.7 Å². The van der Waals surface area contributed by atoms with Crippen molar-refractivity contribution in [2.24, 2.45) is 5.73 Å². The second-order valence-corrected chi connectivity index (χ2v) is 24.9. The summed E-state index contributed by atoms with van der Waals surface area (Å²) in [6.45, 7) is 3.44. The molecule has 504 valence electrons. The highest BCUT2D eigenvalue weighted by molar-refractivity contribution is 6.01. The van der Waals surface area contributed by atoms with Gasteiger partial charge in [-0.15, -0.1) is 0 Å². The third-order valence-electron chi connectivity index (χ3n) is 18.0. The number of H-pyrrole nitrogens is 2. The number of hydrogen-bond acceptors (Lipinski definition) is 12. The summed E-state index contributed by atoms with van der Waals surface area (Å²) in [5.41, 5.74) is 8.29. The van der Waals surface area contributed by atoms with Gasteiger partial charge >= 0.3 is 0 Å². The van der Waals surface area contributed by atoms with E-state index in [2.05, 4.69) is 47.2 Å². The fourth-order valence-electron chi connectivity index (χ4n) is 12.6. The number of carbonyl (C=O) groups excluding carboxylic acids is 10. The van der Waals surface area contributed by atoms with Crippen LogP contribution in [0.1, 0.15) is 83.8 Å². The van der Waals surface area contributed by atoms with Gasteiger partial charge in [0, 0.05) is 85.0 Å². The Morgan fingerprint density at radius 3 is 1.89 bits per heavy atom. The van der Waals surface area contributed by atoms with Crippen LogP contribution in [0.4, 0.5) is 13.2 Å². The predicted octanol–water partition coefficient (Wildman–Crippen LogP) is 2.81. The topological polar surface area (TPSA) is 348 Å². The molecule has 24 nitrogen and oxygen atoms in total. The lowest BCUT2D eigenvalue weighted by atomic mass is 9.94. The fourth-order valence-corrected chi connectivity index (χ4v) is 12.6. The van der Waals surface area contributed by atoms with E-state index in [9.17, 15) is 47.4 Å². The number of halogens is 3. The standard InChI is InChI=1S/C69H75F3N12O12/c1-36-61(88)78-54(27-43-33-74-51-20-16-45(70)29-49(43)51)63(90)79-56(28-44-34-75-52-21-17-46(71)30-50(44)52)66(93)83-35-47(72)31-57(83)64(91)82-59(37(2)85)65(92)80-55(25-39-12-18-48(96-4)19-13-39)67(94)84-23-5-22-69(84,3)68(95)81-53(60(73)87)24-38-10-14-42(15-11-38)62(89)76-32-41-8-6-40(7-9-41)26-58(86)77-36/h6-21,29-30,33-34,36-37,47,53-57,59,74-75,85H,5,22-28,31-32,35H2,1-4H3,(H2,73,87)(H,76,89)(H,77,86)(H,78,88)(H,79,90)(H,80,92)(H,81,95)(H,82,91)/t36-,37+,47+,53+,54+,55+,56+,57+,59-,69+/m1/s1. The number of nitrogens with zero attached hydrogens (tertiary/aromatic N) is 2. The van der Waals surface area contributed by atoms with Crippen molar-refractivity contribution in [1.82, 2.24) is 57.0 Å². The van der Waals surface area contributed by atoms with Gasteiger partial charge in [-0.05, 0) is 128 Å². The largest absolute Gasteiger partial charge is 0.497 e. The molecule has 7 heterocycles. The Bertz CT molecular complexity index is 4110. The minimum atomic E-state index is -1.89. The van der Waals surface area contributed by atoms with Crippen LogP contribution in [0.25, 0.3) is 21.8 Å². The van der Waals surface area contributed by atoms with Gasteiger partial charge in [-0.3, -0.25) is 47.9 Å². The van der Waals surface area contributed by atoms with Gasteiger partial charge in [0.15, 0.2) is 0 Å². The molecule has 7 aromatic rings. The molecule has 10 amide bonds. The number of aliphatic hydroxyl groups excluding tert-OH is 1. The van der Waals surface area contributed by atoms with Crippen LogP contribution >= 0.6 is 0 Å². The summed E-state index contributed by atoms with van der Waals surface area (Å²) in [5.74, 6) is -9.34. The lowest BCUT2D eigenvalue weighted by Gasteiger charge is -2.37. The first-order chi connectivity index (χ1) is 45.8. The smallest absolute Gasteiger partial charge is 0.251 e. The van der Waals surface area contributed by atoms with E-state index in [4.69, 9.17) is 10.5 Å². The molecule has 4 bridgehead atoms. The van der Waals surface area contributed by atoms with Gasteiger partial charge in [0.25, 0.3) is 5.91 Å². The number of rotatable bonds is 9. The average molecular weight is 1320 g/mol. The first kappa shape index (κ1) is 68.3. The Kier molecular flexibility index (Phi) is 20.9. The van der Waals surface area contributed by atoms with E-state index >= 15 is 18.8 Å². The Balaban J connectivity index is 0.987. The SMILES string of the molecule is COc1ccc(C[C@@H]2NC(=O)[C@@H]([C@H](C)O)NC(=O)[C@@H]3C[C@H](F)CN3C(=O)[C@H](Cc3c[nH]c4ccc(F)cc34)NC(=O)[C@H](Cc3c[nH]c4ccc(F)cc34)NC(=O)[C@@H](C)NC(=O)Cc3ccc(cc3)CNC(=O)c3ccc(cc3)C[C@@H](C(N)=O)NC(=O)[C@]3(C)CCCN3C2=O)cc1. The molecule has 12 N–H and O–H groups in total. The third kappa shape index (κ3) is 15.8. The van der Waals surface area contributed by atoms with E-state index in [-0.39, 0.29) is 56.3 Å². The van der Waals surface area contributed by atoms with Crippen LogP contribution in [-0.4, -0.2) is 164 Å². The molecule has 0 radical (unpaired) electrons. The molecule has 5 aliphatic heterocycles. The van der Waals surface area contributed by atoms with Crippen LogP contribution < -0.4 is 47.7 Å². The molecule has 96 heavy (non-hydrogen) atoms. The van der Waals surface area contributed by atoms with E-state index in [1.165, 1.54) is 93.7 Å². The van der Waals surface area contributed by atoms with Crippen LogP contribution in [0, 0.1) is 11.6 Å². The van der Waals surface area contributed by atoms with Crippen molar-refractivity contribution in [2.75, 3.05) is 20.2 Å². The second kappa shape index (κ2) is 29.4. The predicted molar refractivity (Wildman–Crippen MR) is 345 cm³/mol. The Morgan fingerprint density at radius 2 is 1.27 bits per heavy atom. The second-order valence-electron chi connectivity index (χ2n) is 24.9. The minimum Gasteiger partial charge on any atom is -0.497 e. The number of fused-ring (bicyclic) bond motifs is 4. The van der Waals surface area contributed by atoms with Gasteiger partial charge in [-0.1, -0.05) is 48.5 Å². The quantitative estimate of drug-likeness (QED) is 0.0995. The van der Waals surface area contributed by atoms with Crippen molar-refractivity contribution < 1.29 is 71.0 Å². The summed E-state index contributed by atoms with van der Waals surface area (Å²) in [6, 6.07) is 16.3. The molecule has 2 saturated heterocycles. The van der Waals surface area contributed by atoms with E-state index < -0.39 is 150 Å². The molecule has 12 rings (SSSR count). The number of aromatic nitrogens is 2. The maximum absolute atomic E-state index is 16.1. The summed E-state index contributed by atoms with van der Waals surface area (Å²) in [6.07, 6.45) is -2.10. The molecule has 2 fully saturated rings. The van der Waals surface area contributed by atoms with E-state index in [0.717, 1.165) is 4.90 Å². The highest BCUT2D eigenvalue weighted by Gasteiger charge is 2.49. The Hall–Kier alpha value is -10.6. The number of aliphatic hydroxyl groups is 1. The van der Waals surface area contributed by atoms with Crippen molar-refractivity contribution in [2.45, 2.75) is 139 Å². The van der Waals surface area contributed by atoms with Gasteiger partial charge in [0.1, 0.15) is 71.4 Å².